The van der Waals surface area contributed by atoms with Crippen LogP contribution in [-0.2, 0) is 0 Å². The highest BCUT2D eigenvalue weighted by Crippen LogP contribution is 2.28. The van der Waals surface area contributed by atoms with Gasteiger partial charge < -0.3 is 14.5 Å². The van der Waals surface area contributed by atoms with Gasteiger partial charge in [-0.3, -0.25) is 0 Å². The smallest absolute Gasteiger partial charge is 0.265 e. The Bertz CT molecular complexity index is 1200. The minimum Gasteiger partial charge on any atom is -0.493 e. The van der Waals surface area contributed by atoms with Crippen LogP contribution in [0, 0.1) is 6.92 Å². The number of ether oxygens (including phenoxy) is 2. The maximum atomic E-state index is 5.34. The molecule has 0 spiro atoms. The number of hydrogen-bond acceptors (Lipinski definition) is 7. The summed E-state index contributed by atoms with van der Waals surface area (Å²) in [5.74, 6) is 1.62. The molecule has 0 aliphatic rings. The number of rotatable bonds is 5. The normalized spacial score (nSPS) is 11.8. The summed E-state index contributed by atoms with van der Waals surface area (Å²) in [6, 6.07) is 11.7. The standard InChI is InChI=1S/C20H20N6O2/c1-11-5-7-15-14(9-11)18-19(21-15)22-20(26-24-18)25-23-12(2)13-6-8-16(27-3)17(10-13)28-4/h5-10H,1-4H3,(H2,21,22,25,26)/b23-12+. The van der Waals surface area contributed by atoms with Gasteiger partial charge in [0.25, 0.3) is 5.95 Å². The molecule has 4 aromatic rings. The number of anilines is 1. The molecule has 0 radical (unpaired) electrons. The average Bonchev–Trinajstić information content (AvgIpc) is 3.08. The van der Waals surface area contributed by atoms with Gasteiger partial charge in [-0.2, -0.15) is 10.1 Å². The Morgan fingerprint density at radius 3 is 2.64 bits per heavy atom. The van der Waals surface area contributed by atoms with E-state index in [1.807, 2.05) is 44.2 Å². The summed E-state index contributed by atoms with van der Waals surface area (Å²) < 4.78 is 10.6. The zero-order chi connectivity index (χ0) is 19.7. The van der Waals surface area contributed by atoms with Gasteiger partial charge in [-0.05, 0) is 44.2 Å². The van der Waals surface area contributed by atoms with Gasteiger partial charge in [0, 0.05) is 16.5 Å². The zero-order valence-electron chi connectivity index (χ0n) is 16.1. The lowest BCUT2D eigenvalue weighted by Gasteiger charge is -2.09. The van der Waals surface area contributed by atoms with Gasteiger partial charge >= 0.3 is 0 Å². The second-order valence-electron chi connectivity index (χ2n) is 6.39. The molecule has 0 fully saturated rings. The summed E-state index contributed by atoms with van der Waals surface area (Å²) in [7, 11) is 3.20. The third-order valence-electron chi connectivity index (χ3n) is 4.49. The van der Waals surface area contributed by atoms with Gasteiger partial charge in [-0.1, -0.05) is 11.6 Å². The van der Waals surface area contributed by atoms with Crippen LogP contribution in [0.1, 0.15) is 18.1 Å². The molecular weight excluding hydrogens is 356 g/mol. The SMILES string of the molecule is COc1ccc(/C(C)=N/Nc2nnc3c(n2)[nH]c2ccc(C)cc23)cc1OC. The molecular formula is C20H20N6O2. The first-order valence-corrected chi connectivity index (χ1v) is 8.74. The minimum absolute atomic E-state index is 0.315. The summed E-state index contributed by atoms with van der Waals surface area (Å²) >= 11 is 0. The van der Waals surface area contributed by atoms with Crippen LogP contribution >= 0.6 is 0 Å². The number of hydrogen-bond donors (Lipinski definition) is 2. The second-order valence-corrected chi connectivity index (χ2v) is 6.39. The van der Waals surface area contributed by atoms with E-state index in [4.69, 9.17) is 9.47 Å². The fraction of sp³-hybridized carbons (Fsp3) is 0.200. The van der Waals surface area contributed by atoms with Crippen molar-refractivity contribution in [2.24, 2.45) is 5.10 Å². The largest absolute Gasteiger partial charge is 0.493 e. The van der Waals surface area contributed by atoms with Crippen molar-refractivity contribution in [3.8, 4) is 11.5 Å². The summed E-state index contributed by atoms with van der Waals surface area (Å²) in [5.41, 5.74) is 8.05. The van der Waals surface area contributed by atoms with Crippen LogP contribution in [-0.4, -0.2) is 40.1 Å². The van der Waals surface area contributed by atoms with E-state index >= 15 is 0 Å². The molecule has 2 aromatic heterocycles. The Morgan fingerprint density at radius 2 is 1.86 bits per heavy atom. The molecule has 0 aliphatic carbocycles. The maximum absolute atomic E-state index is 5.34. The molecule has 0 atom stereocenters. The Kier molecular flexibility index (Phi) is 4.52. The van der Waals surface area contributed by atoms with Crippen molar-refractivity contribution >= 4 is 33.7 Å². The Balaban J connectivity index is 1.61. The van der Waals surface area contributed by atoms with E-state index < -0.39 is 0 Å². The lowest BCUT2D eigenvalue weighted by Crippen LogP contribution is -2.04. The Hall–Kier alpha value is -3.68. The van der Waals surface area contributed by atoms with E-state index in [-0.39, 0.29) is 0 Å². The van der Waals surface area contributed by atoms with Crippen molar-refractivity contribution in [1.82, 2.24) is 20.2 Å². The molecule has 0 bridgehead atoms. The fourth-order valence-electron chi connectivity index (χ4n) is 2.99. The molecule has 0 aliphatic heterocycles. The number of benzene rings is 2. The maximum Gasteiger partial charge on any atom is 0.265 e. The fourth-order valence-corrected chi connectivity index (χ4v) is 2.99. The molecule has 2 aromatic carbocycles. The summed E-state index contributed by atoms with van der Waals surface area (Å²) in [4.78, 5) is 7.74. The lowest BCUT2D eigenvalue weighted by molar-refractivity contribution is 0.355. The number of aromatic nitrogens is 4. The highest BCUT2D eigenvalue weighted by Gasteiger charge is 2.10. The predicted molar refractivity (Wildman–Crippen MR) is 109 cm³/mol. The van der Waals surface area contributed by atoms with Crippen LogP contribution in [0.15, 0.2) is 41.5 Å². The van der Waals surface area contributed by atoms with E-state index in [2.05, 4.69) is 36.8 Å². The van der Waals surface area contributed by atoms with Crippen molar-refractivity contribution in [3.63, 3.8) is 0 Å². The monoisotopic (exact) mass is 376 g/mol. The van der Waals surface area contributed by atoms with E-state index in [0.717, 1.165) is 33.3 Å². The second kappa shape index (κ2) is 7.15. The number of nitrogens with one attached hydrogen (secondary N) is 2. The Labute approximate surface area is 161 Å². The molecule has 4 rings (SSSR count). The van der Waals surface area contributed by atoms with Crippen LogP contribution in [0.5, 0.6) is 11.5 Å². The van der Waals surface area contributed by atoms with E-state index in [9.17, 15) is 0 Å². The number of fused-ring (bicyclic) bond motifs is 3. The van der Waals surface area contributed by atoms with Crippen LogP contribution in [0.4, 0.5) is 5.95 Å². The number of hydrazone groups is 1. The third kappa shape index (κ3) is 3.20. The number of methoxy groups -OCH3 is 2. The van der Waals surface area contributed by atoms with Crippen LogP contribution in [0.3, 0.4) is 0 Å². The van der Waals surface area contributed by atoms with E-state index in [1.165, 1.54) is 0 Å². The topological polar surface area (TPSA) is 97.3 Å². The molecule has 28 heavy (non-hydrogen) atoms. The third-order valence-corrected chi connectivity index (χ3v) is 4.49. The van der Waals surface area contributed by atoms with Crippen LogP contribution < -0.4 is 14.9 Å². The first kappa shape index (κ1) is 17.7. The lowest BCUT2D eigenvalue weighted by atomic mass is 10.1. The molecule has 0 saturated carbocycles. The van der Waals surface area contributed by atoms with Gasteiger partial charge in [0.1, 0.15) is 5.52 Å². The van der Waals surface area contributed by atoms with Crippen molar-refractivity contribution in [1.29, 1.82) is 0 Å². The number of aryl methyl sites for hydroxylation is 1. The van der Waals surface area contributed by atoms with Crippen LogP contribution in [0.2, 0.25) is 0 Å². The molecule has 0 unspecified atom stereocenters. The number of nitrogens with zero attached hydrogens (tertiary/aromatic N) is 4. The van der Waals surface area contributed by atoms with Crippen molar-refractivity contribution < 1.29 is 9.47 Å². The van der Waals surface area contributed by atoms with Gasteiger partial charge in [0.05, 0.1) is 19.9 Å². The van der Waals surface area contributed by atoms with E-state index in [1.54, 1.807) is 14.2 Å². The molecule has 0 amide bonds. The molecule has 142 valence electrons. The highest BCUT2D eigenvalue weighted by molar-refractivity contribution is 6.03. The first-order valence-electron chi connectivity index (χ1n) is 8.74. The van der Waals surface area contributed by atoms with E-state index in [0.29, 0.717) is 23.1 Å². The minimum atomic E-state index is 0.315. The van der Waals surface area contributed by atoms with Gasteiger partial charge in [0.15, 0.2) is 17.1 Å². The quantitative estimate of drug-likeness (QED) is 0.407. The molecule has 0 saturated heterocycles. The molecule has 2 heterocycles. The zero-order valence-corrected chi connectivity index (χ0v) is 16.1. The summed E-state index contributed by atoms with van der Waals surface area (Å²) in [5, 5.41) is 13.8. The van der Waals surface area contributed by atoms with Gasteiger partial charge in [-0.15, -0.1) is 10.2 Å². The van der Waals surface area contributed by atoms with Gasteiger partial charge in [0.2, 0.25) is 0 Å². The van der Waals surface area contributed by atoms with Crippen molar-refractivity contribution in [2.75, 3.05) is 19.6 Å². The Morgan fingerprint density at radius 1 is 1.04 bits per heavy atom. The molecule has 8 heteroatoms. The first-order chi connectivity index (χ1) is 13.6. The number of aromatic amines is 1. The molecule has 8 nitrogen and oxygen atoms in total. The van der Waals surface area contributed by atoms with Gasteiger partial charge in [-0.25, -0.2) is 5.43 Å². The summed E-state index contributed by atoms with van der Waals surface area (Å²) in [6.45, 7) is 3.92. The van der Waals surface area contributed by atoms with Crippen molar-refractivity contribution in [3.05, 3.63) is 47.5 Å². The summed E-state index contributed by atoms with van der Waals surface area (Å²) in [6.07, 6.45) is 0. The highest BCUT2D eigenvalue weighted by atomic mass is 16.5. The van der Waals surface area contributed by atoms with Crippen LogP contribution in [0.25, 0.3) is 22.1 Å². The molecule has 2 N–H and O–H groups in total. The average molecular weight is 376 g/mol. The number of H-pyrrole nitrogens is 1. The predicted octanol–water partition coefficient (Wildman–Crippen LogP) is 3.67. The van der Waals surface area contributed by atoms with Crippen molar-refractivity contribution in [2.45, 2.75) is 13.8 Å².